The van der Waals surface area contributed by atoms with Crippen LogP contribution in [0.1, 0.15) is 31.0 Å². The van der Waals surface area contributed by atoms with Crippen LogP contribution >= 0.6 is 55.6 Å². The molecule has 2 aliphatic heterocycles. The van der Waals surface area contributed by atoms with Gasteiger partial charge in [-0.3, -0.25) is 34.1 Å². The van der Waals surface area contributed by atoms with Crippen LogP contribution in [0, 0.1) is 3.57 Å². The van der Waals surface area contributed by atoms with Crippen LogP contribution in [0.4, 0.5) is 0 Å². The summed E-state index contributed by atoms with van der Waals surface area (Å²) in [4.78, 5) is 37.0. The van der Waals surface area contributed by atoms with Crippen molar-refractivity contribution in [3.05, 3.63) is 159 Å². The zero-order chi connectivity index (χ0) is 47.2. The van der Waals surface area contributed by atoms with E-state index in [4.69, 9.17) is 37.5 Å². The van der Waals surface area contributed by atoms with Gasteiger partial charge >= 0.3 is 51.4 Å². The first kappa shape index (κ1) is 61.2. The summed E-state index contributed by atoms with van der Waals surface area (Å²) in [6, 6.07) is 14.2. The van der Waals surface area contributed by atoms with Crippen molar-refractivity contribution in [1.82, 2.24) is 29.6 Å². The molecule has 342 valence electrons. The van der Waals surface area contributed by atoms with Gasteiger partial charge in [0.1, 0.15) is 0 Å². The fourth-order valence-corrected chi connectivity index (χ4v) is 7.35. The van der Waals surface area contributed by atoms with Gasteiger partial charge in [-0.2, -0.15) is 8.42 Å². The second kappa shape index (κ2) is 33.7. The van der Waals surface area contributed by atoms with Crippen molar-refractivity contribution in [3.8, 4) is 0 Å². The number of sulfonamides is 1. The maximum Gasteiger partial charge on any atom is 1.00 e. The van der Waals surface area contributed by atoms with Gasteiger partial charge in [0.15, 0.2) is 0 Å². The number of alkyl halides is 1. The number of nitrogens with one attached hydrogen (secondary N) is 1. The first-order valence-corrected chi connectivity index (χ1v) is 26.9. The van der Waals surface area contributed by atoms with E-state index in [9.17, 15) is 43.3 Å². The SMILES string of the molecule is Ic1cccnc1.O=C1C=CCCN1.O=C1C=CCCN1S(=O)(=O)/C=C/c1cccnc1.O=S(=O)(Cl)/C=C/c1cccnc1.O=S(=O)(Cl)CCCl.O=S(=O)(O)/C=C/c1cccnc1.[H-].[K+]. The van der Waals surface area contributed by atoms with E-state index in [0.29, 0.717) is 28.5 Å². The third-order valence-electron chi connectivity index (χ3n) is 6.48. The molecule has 0 spiro atoms. The molecule has 4 aromatic heterocycles. The van der Waals surface area contributed by atoms with E-state index in [2.05, 4.69) is 47.8 Å². The minimum atomic E-state index is -4.03. The van der Waals surface area contributed by atoms with E-state index in [0.717, 1.165) is 28.1 Å². The van der Waals surface area contributed by atoms with Crippen molar-refractivity contribution < 1.29 is 101 Å². The van der Waals surface area contributed by atoms with E-state index < -0.39 is 44.2 Å². The van der Waals surface area contributed by atoms with Crippen LogP contribution < -0.4 is 56.7 Å². The van der Waals surface area contributed by atoms with Crippen LogP contribution in [0.25, 0.3) is 18.2 Å². The summed E-state index contributed by atoms with van der Waals surface area (Å²) in [6.07, 6.45) is 24.9. The Morgan fingerprint density at radius 1 is 0.703 bits per heavy atom. The van der Waals surface area contributed by atoms with Crippen molar-refractivity contribution >= 4 is 124 Å². The molecule has 0 saturated carbocycles. The third-order valence-corrected chi connectivity index (χ3v) is 11.4. The van der Waals surface area contributed by atoms with Gasteiger partial charge in [-0.05, 0) is 107 Å². The normalized spacial score (nSPS) is 13.5. The molecule has 17 nitrogen and oxygen atoms in total. The molecule has 0 atom stereocenters. The Morgan fingerprint density at radius 3 is 1.47 bits per heavy atom. The van der Waals surface area contributed by atoms with E-state index in [1.807, 2.05) is 24.4 Å². The van der Waals surface area contributed by atoms with Gasteiger partial charge in [0.25, 0.3) is 35.1 Å². The van der Waals surface area contributed by atoms with Crippen molar-refractivity contribution in [2.24, 2.45) is 0 Å². The molecule has 0 aliphatic carbocycles. The van der Waals surface area contributed by atoms with Gasteiger partial charge in [0, 0.05) is 105 Å². The maximum absolute atomic E-state index is 11.9. The predicted molar refractivity (Wildman–Crippen MR) is 256 cm³/mol. The Bertz CT molecular complexity index is 2530. The number of hydrogen-bond acceptors (Lipinski definition) is 14. The molecule has 2 aliphatic rings. The number of carbonyl (C=O) groups excluding carboxylic acids is 2. The standard InChI is InChI=1S/C12H12N2O3S.C7H6ClNO2S.C7H7NO3S.C5H4IN.C5H7NO.C2H4Cl2O2S.K.H/c15-12-5-1-2-8-14(12)18(16,17)9-6-11-4-3-7-13-10-11;8-12(10,11)5-3-7-2-1-4-9-6-7;9-12(10,11)5-3-7-2-1-4-8-6-7;6-5-2-1-3-7-4-5;7-5-3-1-2-4-6-5;3-1-2-7(4,5)6;;/h1,3-7,9-10H,2,8H2;1-6H;1-6H,(H,9,10,11);1-4H;1,3H,2,4H2,(H,6,7);1-2H2;;/q;;;;;;+1;-1/b9-6+;2*5-3+;;;;;. The van der Waals surface area contributed by atoms with Crippen molar-refractivity contribution in [2.75, 3.05) is 24.7 Å². The quantitative estimate of drug-likeness (QED) is 0.0801. The van der Waals surface area contributed by atoms with Crippen LogP contribution in [0.3, 0.4) is 0 Å². The number of halogens is 4. The van der Waals surface area contributed by atoms with Gasteiger partial charge < -0.3 is 6.74 Å². The molecule has 2 N–H and O–H groups in total. The second-order valence-electron chi connectivity index (χ2n) is 11.5. The number of carbonyl (C=O) groups is 2. The molecule has 0 radical (unpaired) electrons. The Labute approximate surface area is 444 Å². The molecule has 0 saturated heterocycles. The monoisotopic (exact) mass is 1160 g/mol. The predicted octanol–water partition coefficient (Wildman–Crippen LogP) is 3.39. The van der Waals surface area contributed by atoms with Crippen LogP contribution in [0.15, 0.2) is 139 Å². The van der Waals surface area contributed by atoms with E-state index in [1.165, 1.54) is 34.1 Å². The average molecular weight is 1160 g/mol. The molecule has 2 amide bonds. The summed E-state index contributed by atoms with van der Waals surface area (Å²) in [6.45, 7) is 0.990. The van der Waals surface area contributed by atoms with Crippen molar-refractivity contribution in [1.29, 1.82) is 0 Å². The van der Waals surface area contributed by atoms with Crippen LogP contribution in [-0.2, 0) is 47.8 Å². The zero-order valence-corrected chi connectivity index (χ0v) is 44.5. The molecule has 6 rings (SSSR count). The number of hydrogen-bond donors (Lipinski definition) is 2. The van der Waals surface area contributed by atoms with Gasteiger partial charge in [0.05, 0.1) is 16.6 Å². The fraction of sp³-hybridized carbons (Fsp3) is 0.158. The van der Waals surface area contributed by atoms with Gasteiger partial charge in [-0.1, -0.05) is 30.4 Å². The summed E-state index contributed by atoms with van der Waals surface area (Å²) in [7, 11) is -4.96. The molecule has 0 unspecified atom stereocenters. The minimum Gasteiger partial charge on any atom is -1.00 e. The van der Waals surface area contributed by atoms with Gasteiger partial charge in [0.2, 0.25) is 15.0 Å². The Balaban J connectivity index is 0. The van der Waals surface area contributed by atoms with E-state index >= 15 is 0 Å². The van der Waals surface area contributed by atoms with E-state index in [-0.39, 0.29) is 76.9 Å². The minimum absolute atomic E-state index is 0. The van der Waals surface area contributed by atoms with Gasteiger partial charge in [-0.25, -0.2) is 29.6 Å². The topological polar surface area (TPSA) is 258 Å². The molecule has 64 heavy (non-hydrogen) atoms. The van der Waals surface area contributed by atoms with E-state index in [1.54, 1.807) is 85.7 Å². The van der Waals surface area contributed by atoms with Crippen molar-refractivity contribution in [2.45, 2.75) is 12.8 Å². The molecule has 0 aromatic carbocycles. The van der Waals surface area contributed by atoms with Crippen molar-refractivity contribution in [3.63, 3.8) is 0 Å². The largest absolute Gasteiger partial charge is 1.00 e. The number of aromatic nitrogens is 4. The van der Waals surface area contributed by atoms with Crippen LogP contribution in [0.2, 0.25) is 0 Å². The average Bonchev–Trinajstić information content (AvgIpc) is 3.24. The molecular formula is C38H41Cl3IKN6O11S4. The molecule has 6 heterocycles. The maximum atomic E-state index is 11.9. The van der Waals surface area contributed by atoms with Crippen LogP contribution in [-0.4, -0.2) is 99.0 Å². The second-order valence-corrected chi connectivity index (χ2v) is 21.6. The molecule has 4 aromatic rings. The molecular weight excluding hydrogens is 1120 g/mol. The number of pyridine rings is 4. The Morgan fingerprint density at radius 2 is 1.17 bits per heavy atom. The number of rotatable bonds is 9. The van der Waals surface area contributed by atoms with Gasteiger partial charge in [-0.15, -0.1) is 11.6 Å². The Kier molecular flexibility index (Phi) is 32.2. The molecule has 0 fully saturated rings. The summed E-state index contributed by atoms with van der Waals surface area (Å²) >= 11 is 7.24. The fourth-order valence-electron chi connectivity index (χ4n) is 3.77. The summed E-state index contributed by atoms with van der Waals surface area (Å²) in [5.41, 5.74) is 1.98. The number of nitrogens with zero attached hydrogens (tertiary/aromatic N) is 5. The summed E-state index contributed by atoms with van der Waals surface area (Å²) in [5, 5.41) is 5.32. The number of amides is 2. The zero-order valence-electron chi connectivity index (χ0n) is 34.7. The molecule has 26 heteroatoms. The first-order chi connectivity index (χ1) is 29.6. The third kappa shape index (κ3) is 34.6. The van der Waals surface area contributed by atoms with Crippen LogP contribution in [0.5, 0.6) is 0 Å². The smallest absolute Gasteiger partial charge is 1.00 e. The first-order valence-electron chi connectivity index (χ1n) is 17.5. The Hall–Kier alpha value is -2.76. The summed E-state index contributed by atoms with van der Waals surface area (Å²) in [5.74, 6) is -0.564. The summed E-state index contributed by atoms with van der Waals surface area (Å²) < 4.78 is 95.5. The molecule has 0 bridgehead atoms.